The lowest BCUT2D eigenvalue weighted by Crippen LogP contribution is -1.96. The minimum Gasteiger partial charge on any atom is -0.505 e. The summed E-state index contributed by atoms with van der Waals surface area (Å²) in [5.74, 6) is 0.270. The van der Waals surface area contributed by atoms with Crippen LogP contribution in [0.1, 0.15) is 0 Å². The summed E-state index contributed by atoms with van der Waals surface area (Å²) in [5, 5.41) is 21.3. The molecule has 0 aliphatic rings. The Morgan fingerprint density at radius 1 is 0.765 bits per heavy atom. The number of hydrogen-bond acceptors (Lipinski definition) is 4. The molecule has 4 heteroatoms. The quantitative estimate of drug-likeness (QED) is 0.613. The third-order valence-corrected chi connectivity index (χ3v) is 2.96. The first kappa shape index (κ1) is 11.4. The highest BCUT2D eigenvalue weighted by Crippen LogP contribution is 2.40. The fraction of sp³-hybridized carbons (Fsp3) is 0.231. The Balaban J connectivity index is 2.86. The fourth-order valence-electron chi connectivity index (χ4n) is 2.06. The van der Waals surface area contributed by atoms with Crippen molar-refractivity contribution in [3.05, 3.63) is 24.3 Å². The molecule has 0 heterocycles. The number of aromatic hydroxyl groups is 1. The van der Waals surface area contributed by atoms with Gasteiger partial charge in [0.15, 0.2) is 0 Å². The molecule has 2 aromatic carbocycles. The highest BCUT2D eigenvalue weighted by Gasteiger charge is 2.11. The van der Waals surface area contributed by atoms with Gasteiger partial charge in [-0.2, -0.15) is 0 Å². The second-order valence-electron chi connectivity index (χ2n) is 3.79. The van der Waals surface area contributed by atoms with Crippen molar-refractivity contribution in [1.82, 2.24) is 0 Å². The molecule has 0 aliphatic heterocycles. The van der Waals surface area contributed by atoms with Gasteiger partial charge in [0.2, 0.25) is 0 Å². The van der Waals surface area contributed by atoms with Gasteiger partial charge in [0, 0.05) is 37.9 Å². The van der Waals surface area contributed by atoms with Crippen LogP contribution in [0.25, 0.3) is 10.8 Å². The minimum atomic E-state index is 0.270. The average Bonchev–Trinajstić information content (AvgIpc) is 2.38. The molecule has 0 bridgehead atoms. The zero-order chi connectivity index (χ0) is 12.4. The number of rotatable bonds is 3. The van der Waals surface area contributed by atoms with Crippen molar-refractivity contribution in [2.45, 2.75) is 0 Å². The first-order valence-corrected chi connectivity index (χ1v) is 5.54. The highest BCUT2D eigenvalue weighted by atomic mass is 16.3. The van der Waals surface area contributed by atoms with E-state index in [1.807, 2.05) is 38.4 Å². The molecule has 0 amide bonds. The number of anilines is 3. The molecule has 0 saturated carbocycles. The molecule has 4 nitrogen and oxygen atoms in total. The van der Waals surface area contributed by atoms with Gasteiger partial charge in [0.25, 0.3) is 0 Å². The van der Waals surface area contributed by atoms with Crippen LogP contribution in [0.15, 0.2) is 24.3 Å². The van der Waals surface area contributed by atoms with Crippen molar-refractivity contribution in [3.63, 3.8) is 0 Å². The van der Waals surface area contributed by atoms with Gasteiger partial charge in [-0.25, -0.2) is 0 Å². The topological polar surface area (TPSA) is 56.3 Å². The maximum absolute atomic E-state index is 10.3. The van der Waals surface area contributed by atoms with Crippen molar-refractivity contribution in [3.8, 4) is 5.75 Å². The second kappa shape index (κ2) is 4.41. The largest absolute Gasteiger partial charge is 0.505 e. The molecular weight excluding hydrogens is 214 g/mol. The van der Waals surface area contributed by atoms with Gasteiger partial charge in [-0.3, -0.25) is 0 Å². The molecule has 0 spiro atoms. The summed E-state index contributed by atoms with van der Waals surface area (Å²) in [7, 11) is 5.51. The number of hydrogen-bond donors (Lipinski definition) is 4. The van der Waals surface area contributed by atoms with Crippen molar-refractivity contribution in [2.24, 2.45) is 0 Å². The minimum absolute atomic E-state index is 0.270. The summed E-state index contributed by atoms with van der Waals surface area (Å²) in [6.07, 6.45) is 0. The summed E-state index contributed by atoms with van der Waals surface area (Å²) in [5.41, 5.74) is 2.63. The van der Waals surface area contributed by atoms with Crippen molar-refractivity contribution in [1.29, 1.82) is 0 Å². The van der Waals surface area contributed by atoms with E-state index in [2.05, 4.69) is 16.0 Å². The van der Waals surface area contributed by atoms with Gasteiger partial charge in [-0.1, -0.05) is 0 Å². The lowest BCUT2D eigenvalue weighted by atomic mass is 10.0. The van der Waals surface area contributed by atoms with E-state index in [9.17, 15) is 5.11 Å². The van der Waals surface area contributed by atoms with Gasteiger partial charge < -0.3 is 21.1 Å². The molecule has 0 fully saturated rings. The normalized spacial score (nSPS) is 10.3. The van der Waals surface area contributed by atoms with Gasteiger partial charge in [-0.15, -0.1) is 0 Å². The lowest BCUT2D eigenvalue weighted by molar-refractivity contribution is 0.484. The van der Waals surface area contributed by atoms with Crippen LogP contribution in [0.2, 0.25) is 0 Å². The molecule has 0 atom stereocenters. The van der Waals surface area contributed by atoms with Crippen LogP contribution in [-0.2, 0) is 0 Å². The van der Waals surface area contributed by atoms with Crippen LogP contribution in [0.5, 0.6) is 5.75 Å². The molecule has 2 aromatic rings. The van der Waals surface area contributed by atoms with Crippen molar-refractivity contribution in [2.75, 3.05) is 37.1 Å². The third kappa shape index (κ3) is 1.71. The monoisotopic (exact) mass is 231 g/mol. The van der Waals surface area contributed by atoms with Crippen LogP contribution >= 0.6 is 0 Å². The number of phenols is 1. The number of nitrogens with one attached hydrogen (secondary N) is 3. The Labute approximate surface area is 101 Å². The van der Waals surface area contributed by atoms with Crippen LogP contribution in [0.4, 0.5) is 17.1 Å². The van der Waals surface area contributed by atoms with E-state index in [0.717, 1.165) is 27.8 Å². The molecular formula is C13H17N3O. The van der Waals surface area contributed by atoms with Gasteiger partial charge >= 0.3 is 0 Å². The Hall–Kier alpha value is -2.10. The predicted molar refractivity (Wildman–Crippen MR) is 74.3 cm³/mol. The van der Waals surface area contributed by atoms with Crippen LogP contribution in [0, 0.1) is 0 Å². The second-order valence-corrected chi connectivity index (χ2v) is 3.79. The molecule has 4 N–H and O–H groups in total. The summed E-state index contributed by atoms with van der Waals surface area (Å²) >= 11 is 0. The molecule has 90 valence electrons. The number of benzene rings is 2. The van der Waals surface area contributed by atoms with E-state index in [1.54, 1.807) is 7.05 Å². The first-order valence-electron chi connectivity index (χ1n) is 5.54. The summed E-state index contributed by atoms with van der Waals surface area (Å²) < 4.78 is 0. The van der Waals surface area contributed by atoms with Gasteiger partial charge in [0.05, 0.1) is 11.1 Å². The van der Waals surface area contributed by atoms with Gasteiger partial charge in [-0.05, 0) is 24.3 Å². The maximum Gasteiger partial charge on any atom is 0.148 e. The van der Waals surface area contributed by atoms with Crippen LogP contribution < -0.4 is 16.0 Å². The molecule has 0 radical (unpaired) electrons. The SMILES string of the molecule is CNc1ccc2c(NC)ccc(NC)c2c1O. The average molecular weight is 231 g/mol. The number of fused-ring (bicyclic) bond motifs is 1. The Kier molecular flexibility index (Phi) is 2.95. The summed E-state index contributed by atoms with van der Waals surface area (Å²) in [6, 6.07) is 7.81. The zero-order valence-electron chi connectivity index (χ0n) is 10.3. The highest BCUT2D eigenvalue weighted by molar-refractivity contribution is 6.07. The van der Waals surface area contributed by atoms with Crippen LogP contribution in [-0.4, -0.2) is 26.2 Å². The molecule has 0 aromatic heterocycles. The molecule has 2 rings (SSSR count). The van der Waals surface area contributed by atoms with E-state index in [-0.39, 0.29) is 5.75 Å². The van der Waals surface area contributed by atoms with Crippen molar-refractivity contribution < 1.29 is 5.11 Å². The fourth-order valence-corrected chi connectivity index (χ4v) is 2.06. The summed E-state index contributed by atoms with van der Waals surface area (Å²) in [6.45, 7) is 0. The summed E-state index contributed by atoms with van der Waals surface area (Å²) in [4.78, 5) is 0. The predicted octanol–water partition coefficient (Wildman–Crippen LogP) is 2.67. The zero-order valence-corrected chi connectivity index (χ0v) is 10.3. The molecule has 0 saturated heterocycles. The molecule has 0 aliphatic carbocycles. The Morgan fingerprint density at radius 3 is 1.88 bits per heavy atom. The lowest BCUT2D eigenvalue weighted by Gasteiger charge is -2.14. The van der Waals surface area contributed by atoms with E-state index in [1.165, 1.54) is 0 Å². The van der Waals surface area contributed by atoms with E-state index >= 15 is 0 Å². The Morgan fingerprint density at radius 2 is 1.29 bits per heavy atom. The number of phenolic OH excluding ortho intramolecular Hbond substituents is 1. The Bertz CT molecular complexity index is 552. The van der Waals surface area contributed by atoms with E-state index in [4.69, 9.17) is 0 Å². The van der Waals surface area contributed by atoms with E-state index in [0.29, 0.717) is 0 Å². The van der Waals surface area contributed by atoms with Crippen molar-refractivity contribution >= 4 is 27.8 Å². The third-order valence-electron chi connectivity index (χ3n) is 2.96. The van der Waals surface area contributed by atoms with Gasteiger partial charge in [0.1, 0.15) is 5.75 Å². The maximum atomic E-state index is 10.3. The molecule has 0 unspecified atom stereocenters. The standard InChI is InChI=1S/C13H17N3O/c1-14-9-6-7-10(15-2)12-8(9)4-5-11(16-3)13(12)17/h4-7,14-17H,1-3H3. The van der Waals surface area contributed by atoms with E-state index < -0.39 is 0 Å². The van der Waals surface area contributed by atoms with Crippen LogP contribution in [0.3, 0.4) is 0 Å². The molecule has 17 heavy (non-hydrogen) atoms. The smallest absolute Gasteiger partial charge is 0.148 e. The first-order chi connectivity index (χ1) is 8.22.